The van der Waals surface area contributed by atoms with Gasteiger partial charge in [0.2, 0.25) is 0 Å². The normalized spacial score (nSPS) is 32.1. The molecule has 0 bridgehead atoms. The van der Waals surface area contributed by atoms with Gasteiger partial charge in [-0.25, -0.2) is 0 Å². The van der Waals surface area contributed by atoms with Crippen LogP contribution in [0, 0.1) is 11.3 Å². The molecule has 0 N–H and O–H groups in total. The van der Waals surface area contributed by atoms with E-state index in [1.54, 1.807) is 0 Å². The van der Waals surface area contributed by atoms with Crippen molar-refractivity contribution in [2.75, 3.05) is 0 Å². The Balaban J connectivity index is 2.51. The molecule has 1 atom stereocenters. The van der Waals surface area contributed by atoms with Gasteiger partial charge in [-0.05, 0) is 24.2 Å². The van der Waals surface area contributed by atoms with Gasteiger partial charge in [-0.2, -0.15) is 0 Å². The van der Waals surface area contributed by atoms with Gasteiger partial charge in [-0.1, -0.05) is 40.0 Å². The van der Waals surface area contributed by atoms with E-state index in [2.05, 4.69) is 20.8 Å². The van der Waals surface area contributed by atoms with E-state index in [4.69, 9.17) is 0 Å². The maximum atomic E-state index is 2.43. The first kappa shape index (κ1) is 8.10. The highest BCUT2D eigenvalue weighted by Gasteiger charge is 2.30. The zero-order chi connectivity index (χ0) is 7.61. The first-order chi connectivity index (χ1) is 4.67. The van der Waals surface area contributed by atoms with Gasteiger partial charge in [0.25, 0.3) is 0 Å². The van der Waals surface area contributed by atoms with Crippen LogP contribution in [-0.4, -0.2) is 0 Å². The lowest BCUT2D eigenvalue weighted by Crippen LogP contribution is -2.26. The van der Waals surface area contributed by atoms with E-state index in [1.807, 2.05) is 0 Å². The lowest BCUT2D eigenvalue weighted by molar-refractivity contribution is 0.134. The Kier molecular flexibility index (Phi) is 2.38. The minimum absolute atomic E-state index is 0.646. The maximum Gasteiger partial charge on any atom is -0.0326 e. The second-order valence-corrected chi connectivity index (χ2v) is 4.34. The van der Waals surface area contributed by atoms with E-state index < -0.39 is 0 Å². The summed E-state index contributed by atoms with van der Waals surface area (Å²) in [6.45, 7) is 7.19. The Morgan fingerprint density at radius 1 is 1.30 bits per heavy atom. The molecule has 1 fully saturated rings. The Labute approximate surface area is 65.0 Å². The Morgan fingerprint density at radius 2 is 2.00 bits per heavy atom. The molecular formula is C10H20. The van der Waals surface area contributed by atoms with Gasteiger partial charge in [0, 0.05) is 0 Å². The highest BCUT2D eigenvalue weighted by molar-refractivity contribution is 4.81. The van der Waals surface area contributed by atoms with Crippen LogP contribution in [0.1, 0.15) is 52.9 Å². The van der Waals surface area contributed by atoms with Crippen molar-refractivity contribution in [2.24, 2.45) is 11.3 Å². The Hall–Kier alpha value is 0. The molecule has 0 nitrogen and oxygen atoms in total. The number of hydrogen-bond acceptors (Lipinski definition) is 0. The molecule has 1 aliphatic carbocycles. The van der Waals surface area contributed by atoms with Gasteiger partial charge < -0.3 is 0 Å². The van der Waals surface area contributed by atoms with Crippen molar-refractivity contribution in [3.05, 3.63) is 0 Å². The van der Waals surface area contributed by atoms with Crippen LogP contribution < -0.4 is 0 Å². The largest absolute Gasteiger partial charge is 0.0651 e. The molecule has 0 radical (unpaired) electrons. The minimum atomic E-state index is 0.646. The van der Waals surface area contributed by atoms with Gasteiger partial charge in [-0.3, -0.25) is 0 Å². The molecule has 0 amide bonds. The van der Waals surface area contributed by atoms with Gasteiger partial charge in [0.05, 0.1) is 0 Å². The zero-order valence-electron chi connectivity index (χ0n) is 7.61. The lowest BCUT2D eigenvalue weighted by atomic mass is 9.68. The molecule has 0 aromatic heterocycles. The molecule has 0 aromatic carbocycles. The summed E-state index contributed by atoms with van der Waals surface area (Å²) in [7, 11) is 0. The van der Waals surface area contributed by atoms with Crippen molar-refractivity contribution in [3.63, 3.8) is 0 Å². The van der Waals surface area contributed by atoms with Crippen LogP contribution >= 0.6 is 0 Å². The molecular weight excluding hydrogens is 120 g/mol. The van der Waals surface area contributed by atoms with E-state index >= 15 is 0 Å². The van der Waals surface area contributed by atoms with Crippen LogP contribution in [-0.2, 0) is 0 Å². The molecule has 0 aliphatic heterocycles. The first-order valence-electron chi connectivity index (χ1n) is 4.67. The quantitative estimate of drug-likeness (QED) is 0.522. The third kappa shape index (κ3) is 1.53. The van der Waals surface area contributed by atoms with Gasteiger partial charge in [0.15, 0.2) is 0 Å². The Bertz CT molecular complexity index is 103. The van der Waals surface area contributed by atoms with Crippen LogP contribution in [0.3, 0.4) is 0 Å². The second-order valence-electron chi connectivity index (χ2n) is 4.34. The van der Waals surface area contributed by atoms with E-state index in [0.717, 1.165) is 5.92 Å². The van der Waals surface area contributed by atoms with E-state index in [1.165, 1.54) is 32.1 Å². The predicted octanol–water partition coefficient (Wildman–Crippen LogP) is 3.61. The summed E-state index contributed by atoms with van der Waals surface area (Å²) in [5.41, 5.74) is 0.646. The fourth-order valence-corrected chi connectivity index (χ4v) is 2.32. The van der Waals surface area contributed by atoms with Crippen molar-refractivity contribution < 1.29 is 0 Å². The molecule has 1 unspecified atom stereocenters. The zero-order valence-corrected chi connectivity index (χ0v) is 7.61. The van der Waals surface area contributed by atoms with Crippen molar-refractivity contribution in [1.29, 1.82) is 0 Å². The van der Waals surface area contributed by atoms with Crippen molar-refractivity contribution in [3.8, 4) is 0 Å². The molecule has 0 heterocycles. The third-order valence-corrected chi connectivity index (χ3v) is 3.22. The molecule has 1 rings (SSSR count). The second kappa shape index (κ2) is 2.94. The average Bonchev–Trinajstić information content (AvgIpc) is 1.87. The van der Waals surface area contributed by atoms with Crippen molar-refractivity contribution >= 4 is 0 Å². The van der Waals surface area contributed by atoms with E-state index in [0.29, 0.717) is 5.41 Å². The van der Waals surface area contributed by atoms with Gasteiger partial charge >= 0.3 is 0 Å². The molecule has 1 saturated carbocycles. The van der Waals surface area contributed by atoms with Crippen molar-refractivity contribution in [1.82, 2.24) is 0 Å². The van der Waals surface area contributed by atoms with Gasteiger partial charge in [0.1, 0.15) is 0 Å². The van der Waals surface area contributed by atoms with Crippen LogP contribution in [0.5, 0.6) is 0 Å². The predicted molar refractivity (Wildman–Crippen MR) is 46.0 cm³/mol. The molecule has 0 spiro atoms. The number of rotatable bonds is 1. The molecule has 0 heteroatoms. The lowest BCUT2D eigenvalue weighted by Gasteiger charge is -2.38. The maximum absolute atomic E-state index is 2.43. The van der Waals surface area contributed by atoms with Crippen LogP contribution in [0.2, 0.25) is 0 Å². The average molecular weight is 140 g/mol. The standard InChI is InChI=1S/C10H20/c1-4-9-7-5-6-8-10(9,2)3/h9H,4-8H2,1-3H3. The summed E-state index contributed by atoms with van der Waals surface area (Å²) in [5, 5.41) is 0. The fourth-order valence-electron chi connectivity index (χ4n) is 2.32. The van der Waals surface area contributed by atoms with Crippen LogP contribution in [0.4, 0.5) is 0 Å². The molecule has 60 valence electrons. The minimum Gasteiger partial charge on any atom is -0.0651 e. The van der Waals surface area contributed by atoms with E-state index in [9.17, 15) is 0 Å². The SMILES string of the molecule is CCC1CCCCC1(C)C. The summed E-state index contributed by atoms with van der Waals surface area (Å²) in [6.07, 6.45) is 7.24. The van der Waals surface area contributed by atoms with E-state index in [-0.39, 0.29) is 0 Å². The summed E-state index contributed by atoms with van der Waals surface area (Å²) in [4.78, 5) is 0. The summed E-state index contributed by atoms with van der Waals surface area (Å²) in [6, 6.07) is 0. The van der Waals surface area contributed by atoms with Gasteiger partial charge in [-0.15, -0.1) is 0 Å². The molecule has 1 aliphatic rings. The summed E-state index contributed by atoms with van der Waals surface area (Å²) >= 11 is 0. The highest BCUT2D eigenvalue weighted by Crippen LogP contribution is 2.41. The van der Waals surface area contributed by atoms with Crippen LogP contribution in [0.15, 0.2) is 0 Å². The summed E-state index contributed by atoms with van der Waals surface area (Å²) < 4.78 is 0. The monoisotopic (exact) mass is 140 g/mol. The first-order valence-corrected chi connectivity index (χ1v) is 4.67. The van der Waals surface area contributed by atoms with Crippen molar-refractivity contribution in [2.45, 2.75) is 52.9 Å². The third-order valence-electron chi connectivity index (χ3n) is 3.22. The smallest absolute Gasteiger partial charge is 0.0326 e. The van der Waals surface area contributed by atoms with Crippen LogP contribution in [0.25, 0.3) is 0 Å². The summed E-state index contributed by atoms with van der Waals surface area (Å²) in [5.74, 6) is 1.00. The fraction of sp³-hybridized carbons (Fsp3) is 1.00. The number of hydrogen-bond donors (Lipinski definition) is 0. The molecule has 0 aromatic rings. The topological polar surface area (TPSA) is 0 Å². The Morgan fingerprint density at radius 3 is 2.40 bits per heavy atom. The highest BCUT2D eigenvalue weighted by atomic mass is 14.4. The molecule has 10 heavy (non-hydrogen) atoms. The molecule has 0 saturated heterocycles.